The average Bonchev–Trinajstić information content (AvgIpc) is 2.26. The maximum absolute atomic E-state index is 8.97. The first-order valence-electron chi connectivity index (χ1n) is 6.02. The van der Waals surface area contributed by atoms with Crippen LogP contribution in [0.1, 0.15) is 33.6 Å². The number of aliphatic hydroxyl groups excluding tert-OH is 1. The summed E-state index contributed by atoms with van der Waals surface area (Å²) in [5, 5.41) is 15.5. The zero-order valence-corrected chi connectivity index (χ0v) is 10.8. The highest BCUT2D eigenvalue weighted by atomic mass is 16.3. The average molecular weight is 238 g/mol. The molecule has 1 rings (SSSR count). The minimum atomic E-state index is -0.175. The van der Waals surface area contributed by atoms with Crippen molar-refractivity contribution in [2.24, 2.45) is 0 Å². The van der Waals surface area contributed by atoms with Crippen LogP contribution in [0.15, 0.2) is 12.4 Å². The lowest BCUT2D eigenvalue weighted by Gasteiger charge is -2.26. The lowest BCUT2D eigenvalue weighted by atomic mass is 10.0. The fourth-order valence-electron chi connectivity index (χ4n) is 1.46. The van der Waals surface area contributed by atoms with Gasteiger partial charge in [0, 0.05) is 24.8 Å². The molecule has 0 spiro atoms. The maximum Gasteiger partial charge on any atom is 0.131 e. The van der Waals surface area contributed by atoms with E-state index in [-0.39, 0.29) is 12.1 Å². The van der Waals surface area contributed by atoms with E-state index in [9.17, 15) is 0 Å². The van der Waals surface area contributed by atoms with E-state index in [1.807, 2.05) is 19.9 Å². The van der Waals surface area contributed by atoms with Crippen LogP contribution in [-0.4, -0.2) is 33.8 Å². The lowest BCUT2D eigenvalue weighted by Crippen LogP contribution is -2.32. The van der Waals surface area contributed by atoms with Crippen molar-refractivity contribution >= 4 is 11.6 Å². The Kier molecular flexibility index (Phi) is 5.15. The van der Waals surface area contributed by atoms with Gasteiger partial charge in [-0.05, 0) is 26.7 Å². The van der Waals surface area contributed by atoms with Crippen LogP contribution in [0.2, 0.25) is 0 Å². The van der Waals surface area contributed by atoms with Crippen molar-refractivity contribution in [3.63, 3.8) is 0 Å². The van der Waals surface area contributed by atoms with E-state index in [1.165, 1.54) is 6.33 Å². The molecule has 5 heteroatoms. The number of nitrogens with zero attached hydrogens (tertiary/aromatic N) is 2. The molecule has 0 aromatic carbocycles. The molecule has 0 saturated carbocycles. The summed E-state index contributed by atoms with van der Waals surface area (Å²) in [4.78, 5) is 8.31. The summed E-state index contributed by atoms with van der Waals surface area (Å²) in [6, 6.07) is 1.88. The van der Waals surface area contributed by atoms with Gasteiger partial charge in [0.25, 0.3) is 0 Å². The van der Waals surface area contributed by atoms with Gasteiger partial charge < -0.3 is 15.7 Å². The van der Waals surface area contributed by atoms with Crippen molar-refractivity contribution in [1.82, 2.24) is 9.97 Å². The monoisotopic (exact) mass is 238 g/mol. The molecule has 0 radical (unpaired) electrons. The van der Waals surface area contributed by atoms with Gasteiger partial charge in [0.2, 0.25) is 0 Å². The van der Waals surface area contributed by atoms with Crippen LogP contribution in [0.3, 0.4) is 0 Å². The summed E-state index contributed by atoms with van der Waals surface area (Å²) in [6.07, 6.45) is 3.27. The molecular formula is C12H22N4O. The molecule has 1 heterocycles. The molecule has 0 aliphatic heterocycles. The number of hydrogen-bond acceptors (Lipinski definition) is 5. The quantitative estimate of drug-likeness (QED) is 0.676. The Hall–Kier alpha value is -1.36. The lowest BCUT2D eigenvalue weighted by molar-refractivity contribution is 0.260. The molecule has 5 nitrogen and oxygen atoms in total. The molecule has 0 aliphatic rings. The van der Waals surface area contributed by atoms with Crippen molar-refractivity contribution in [2.75, 3.05) is 23.8 Å². The van der Waals surface area contributed by atoms with Gasteiger partial charge >= 0.3 is 0 Å². The minimum Gasteiger partial charge on any atom is -0.396 e. The normalized spacial score (nSPS) is 11.3. The Morgan fingerprint density at radius 2 is 2.00 bits per heavy atom. The van der Waals surface area contributed by atoms with Gasteiger partial charge in [-0.25, -0.2) is 9.97 Å². The first kappa shape index (κ1) is 13.7. The molecule has 1 aromatic rings. The molecule has 0 amide bonds. The number of rotatable bonds is 7. The molecule has 0 saturated heterocycles. The van der Waals surface area contributed by atoms with E-state index in [1.54, 1.807) is 0 Å². The highest BCUT2D eigenvalue weighted by Gasteiger charge is 2.17. The molecule has 96 valence electrons. The molecule has 0 bridgehead atoms. The van der Waals surface area contributed by atoms with E-state index in [0.29, 0.717) is 6.42 Å². The number of aromatic nitrogens is 2. The molecule has 0 unspecified atom stereocenters. The van der Waals surface area contributed by atoms with E-state index in [4.69, 9.17) is 5.11 Å². The maximum atomic E-state index is 8.97. The Balaban J connectivity index is 2.64. The number of aliphatic hydroxyl groups is 1. The third-order valence-electron chi connectivity index (χ3n) is 2.43. The summed E-state index contributed by atoms with van der Waals surface area (Å²) < 4.78 is 0. The minimum absolute atomic E-state index is 0.159. The second kappa shape index (κ2) is 6.39. The van der Waals surface area contributed by atoms with Crippen LogP contribution < -0.4 is 10.6 Å². The second-order valence-corrected chi connectivity index (χ2v) is 4.70. The Morgan fingerprint density at radius 3 is 2.65 bits per heavy atom. The summed E-state index contributed by atoms with van der Waals surface area (Å²) in [5.74, 6) is 1.60. The second-order valence-electron chi connectivity index (χ2n) is 4.70. The zero-order chi connectivity index (χ0) is 12.7. The van der Waals surface area contributed by atoms with E-state index in [2.05, 4.69) is 27.5 Å². The van der Waals surface area contributed by atoms with Crippen molar-refractivity contribution in [2.45, 2.75) is 39.2 Å². The third-order valence-corrected chi connectivity index (χ3v) is 2.43. The fraction of sp³-hybridized carbons (Fsp3) is 0.667. The van der Waals surface area contributed by atoms with E-state index < -0.39 is 0 Å². The molecule has 0 aliphatic carbocycles. The van der Waals surface area contributed by atoms with Crippen LogP contribution in [0, 0.1) is 0 Å². The summed E-state index contributed by atoms with van der Waals surface area (Å²) in [7, 11) is 0. The standard InChI is InChI=1S/C12H22N4O/c1-4-6-13-10-8-11(15-9-14-10)16-12(2,3)5-7-17/h8-9,17H,4-7H2,1-3H3,(H2,13,14,15,16). The summed E-state index contributed by atoms with van der Waals surface area (Å²) in [6.45, 7) is 7.23. The Labute approximate surface area is 103 Å². The predicted molar refractivity (Wildman–Crippen MR) is 70.2 cm³/mol. The van der Waals surface area contributed by atoms with E-state index in [0.717, 1.165) is 24.6 Å². The molecule has 0 fully saturated rings. The predicted octanol–water partition coefficient (Wildman–Crippen LogP) is 1.87. The zero-order valence-electron chi connectivity index (χ0n) is 10.8. The van der Waals surface area contributed by atoms with Gasteiger partial charge in [0.15, 0.2) is 0 Å². The third kappa shape index (κ3) is 4.99. The fourth-order valence-corrected chi connectivity index (χ4v) is 1.46. The van der Waals surface area contributed by atoms with Crippen molar-refractivity contribution < 1.29 is 5.11 Å². The molecule has 0 atom stereocenters. The Bertz CT molecular complexity index is 341. The molecule has 1 aromatic heterocycles. The number of hydrogen-bond donors (Lipinski definition) is 3. The summed E-state index contributed by atoms with van der Waals surface area (Å²) in [5.41, 5.74) is -0.175. The van der Waals surface area contributed by atoms with Gasteiger partial charge in [-0.15, -0.1) is 0 Å². The smallest absolute Gasteiger partial charge is 0.131 e. The SMILES string of the molecule is CCCNc1cc(NC(C)(C)CCO)ncn1. The van der Waals surface area contributed by atoms with E-state index >= 15 is 0 Å². The Morgan fingerprint density at radius 1 is 1.29 bits per heavy atom. The summed E-state index contributed by atoms with van der Waals surface area (Å²) >= 11 is 0. The topological polar surface area (TPSA) is 70.1 Å². The van der Waals surface area contributed by atoms with Crippen LogP contribution in [0.5, 0.6) is 0 Å². The van der Waals surface area contributed by atoms with Gasteiger partial charge in [-0.1, -0.05) is 6.92 Å². The van der Waals surface area contributed by atoms with Crippen molar-refractivity contribution in [3.05, 3.63) is 12.4 Å². The van der Waals surface area contributed by atoms with Gasteiger partial charge in [0.1, 0.15) is 18.0 Å². The van der Waals surface area contributed by atoms with Crippen LogP contribution in [-0.2, 0) is 0 Å². The molecular weight excluding hydrogens is 216 g/mol. The van der Waals surface area contributed by atoms with Crippen LogP contribution >= 0.6 is 0 Å². The number of anilines is 2. The molecule has 3 N–H and O–H groups in total. The van der Waals surface area contributed by atoms with Gasteiger partial charge in [0.05, 0.1) is 0 Å². The first-order valence-corrected chi connectivity index (χ1v) is 6.02. The largest absolute Gasteiger partial charge is 0.396 e. The number of nitrogens with one attached hydrogen (secondary N) is 2. The van der Waals surface area contributed by atoms with Crippen molar-refractivity contribution in [1.29, 1.82) is 0 Å². The van der Waals surface area contributed by atoms with Gasteiger partial charge in [-0.3, -0.25) is 0 Å². The molecule has 17 heavy (non-hydrogen) atoms. The van der Waals surface area contributed by atoms with Crippen molar-refractivity contribution in [3.8, 4) is 0 Å². The van der Waals surface area contributed by atoms with Crippen LogP contribution in [0.25, 0.3) is 0 Å². The van der Waals surface area contributed by atoms with Gasteiger partial charge in [-0.2, -0.15) is 0 Å². The highest BCUT2D eigenvalue weighted by Crippen LogP contribution is 2.17. The first-order chi connectivity index (χ1) is 8.07. The van der Waals surface area contributed by atoms with Crippen LogP contribution in [0.4, 0.5) is 11.6 Å². The highest BCUT2D eigenvalue weighted by molar-refractivity contribution is 5.47.